The van der Waals surface area contributed by atoms with Gasteiger partial charge in [-0.15, -0.1) is 0 Å². The van der Waals surface area contributed by atoms with Gasteiger partial charge in [0.1, 0.15) is 12.4 Å². The molecule has 1 aromatic carbocycles. The lowest BCUT2D eigenvalue weighted by atomic mass is 10.0. The first-order valence-corrected chi connectivity index (χ1v) is 5.08. The van der Waals surface area contributed by atoms with Gasteiger partial charge in [0, 0.05) is 11.6 Å². The van der Waals surface area contributed by atoms with Gasteiger partial charge >= 0.3 is 0 Å². The van der Waals surface area contributed by atoms with Crippen molar-refractivity contribution < 1.29 is 9.53 Å². The van der Waals surface area contributed by atoms with Crippen LogP contribution in [0.25, 0.3) is 0 Å². The van der Waals surface area contributed by atoms with E-state index in [-0.39, 0.29) is 5.91 Å². The largest absolute Gasteiger partial charge is 0.489 e. The minimum absolute atomic E-state index is 0.214. The third-order valence-electron chi connectivity index (χ3n) is 2.58. The van der Waals surface area contributed by atoms with Crippen molar-refractivity contribution in [3.63, 3.8) is 0 Å². The predicted molar refractivity (Wildman–Crippen MR) is 60.1 cm³/mol. The maximum Gasteiger partial charge on any atom is 0.281 e. The number of benzene rings is 1. The number of fused-ring (bicyclic) bond motifs is 1. The summed E-state index contributed by atoms with van der Waals surface area (Å²) in [4.78, 5) is 15.7. The van der Waals surface area contributed by atoms with Crippen molar-refractivity contribution in [1.82, 2.24) is 0 Å². The fraction of sp³-hybridized carbons (Fsp3) is 0.0769. The molecular formula is C13H9NO2. The van der Waals surface area contributed by atoms with Gasteiger partial charge in [0.15, 0.2) is 0 Å². The van der Waals surface area contributed by atoms with Crippen molar-refractivity contribution in [2.45, 2.75) is 0 Å². The number of ether oxygens (including phenoxy) is 1. The van der Waals surface area contributed by atoms with E-state index < -0.39 is 0 Å². The van der Waals surface area contributed by atoms with Crippen molar-refractivity contribution in [1.29, 1.82) is 0 Å². The molecule has 3 heteroatoms. The molecule has 1 aromatic rings. The fourth-order valence-corrected chi connectivity index (χ4v) is 1.79. The van der Waals surface area contributed by atoms with Gasteiger partial charge in [0.2, 0.25) is 0 Å². The Bertz CT molecular complexity index is 538. The number of nitrogens with zero attached hydrogens (tertiary/aromatic N) is 1. The predicted octanol–water partition coefficient (Wildman–Crippen LogP) is 1.86. The van der Waals surface area contributed by atoms with E-state index >= 15 is 0 Å². The molecule has 0 aromatic heterocycles. The molecule has 2 aliphatic rings. The molecule has 2 heterocycles. The fourth-order valence-electron chi connectivity index (χ4n) is 1.79. The van der Waals surface area contributed by atoms with E-state index in [4.69, 9.17) is 4.74 Å². The second-order valence-electron chi connectivity index (χ2n) is 3.61. The highest BCUT2D eigenvalue weighted by molar-refractivity contribution is 6.20. The SMILES string of the molecule is O=C1N=C(c2ccccc2)C=C2OCC=C12. The van der Waals surface area contributed by atoms with Gasteiger partial charge in [-0.05, 0) is 6.08 Å². The lowest BCUT2D eigenvalue weighted by Gasteiger charge is -2.10. The molecule has 0 N–H and O–H groups in total. The summed E-state index contributed by atoms with van der Waals surface area (Å²) >= 11 is 0. The molecule has 0 atom stereocenters. The number of amides is 1. The van der Waals surface area contributed by atoms with E-state index in [0.717, 1.165) is 5.56 Å². The van der Waals surface area contributed by atoms with Crippen LogP contribution in [0.4, 0.5) is 0 Å². The zero-order valence-corrected chi connectivity index (χ0v) is 8.51. The van der Waals surface area contributed by atoms with Gasteiger partial charge in [0.05, 0.1) is 11.3 Å². The Morgan fingerprint density at radius 1 is 1.19 bits per heavy atom. The number of aliphatic imine (C=N–C) groups is 1. The van der Waals surface area contributed by atoms with Gasteiger partial charge < -0.3 is 4.74 Å². The van der Waals surface area contributed by atoms with Crippen LogP contribution in [0.5, 0.6) is 0 Å². The van der Waals surface area contributed by atoms with Crippen LogP contribution < -0.4 is 0 Å². The molecule has 0 spiro atoms. The van der Waals surface area contributed by atoms with Gasteiger partial charge in [-0.3, -0.25) is 4.79 Å². The summed E-state index contributed by atoms with van der Waals surface area (Å²) in [6, 6.07) is 9.61. The van der Waals surface area contributed by atoms with Crippen LogP contribution in [0.15, 0.2) is 58.8 Å². The van der Waals surface area contributed by atoms with Crippen LogP contribution in [0.3, 0.4) is 0 Å². The van der Waals surface area contributed by atoms with Crippen molar-refractivity contribution in [2.24, 2.45) is 4.99 Å². The van der Waals surface area contributed by atoms with Crippen LogP contribution in [0, 0.1) is 0 Å². The van der Waals surface area contributed by atoms with E-state index in [1.54, 1.807) is 6.08 Å². The standard InChI is InChI=1S/C13H9NO2/c15-13-10-6-7-16-12(10)8-11(14-13)9-4-2-1-3-5-9/h1-6,8H,7H2. The van der Waals surface area contributed by atoms with Crippen LogP contribution in [0.2, 0.25) is 0 Å². The number of hydrogen-bond donors (Lipinski definition) is 0. The highest BCUT2D eigenvalue weighted by atomic mass is 16.5. The third kappa shape index (κ3) is 1.37. The Morgan fingerprint density at radius 3 is 2.81 bits per heavy atom. The van der Waals surface area contributed by atoms with E-state index in [1.807, 2.05) is 36.4 Å². The van der Waals surface area contributed by atoms with Crippen molar-refractivity contribution in [3.8, 4) is 0 Å². The molecular weight excluding hydrogens is 202 g/mol. The van der Waals surface area contributed by atoms with Crippen LogP contribution in [-0.2, 0) is 9.53 Å². The van der Waals surface area contributed by atoms with Gasteiger partial charge in [-0.25, -0.2) is 4.99 Å². The van der Waals surface area contributed by atoms with Crippen LogP contribution in [0.1, 0.15) is 5.56 Å². The van der Waals surface area contributed by atoms with Crippen molar-refractivity contribution in [2.75, 3.05) is 6.61 Å². The molecule has 0 unspecified atom stereocenters. The molecule has 0 bridgehead atoms. The molecule has 0 fully saturated rings. The lowest BCUT2D eigenvalue weighted by Crippen LogP contribution is -2.12. The molecule has 78 valence electrons. The number of dihydropyridines is 1. The highest BCUT2D eigenvalue weighted by Crippen LogP contribution is 2.24. The normalized spacial score (nSPS) is 18.2. The molecule has 0 aliphatic carbocycles. The zero-order chi connectivity index (χ0) is 11.0. The first-order valence-electron chi connectivity index (χ1n) is 5.08. The maximum atomic E-state index is 11.7. The minimum Gasteiger partial charge on any atom is -0.489 e. The van der Waals surface area contributed by atoms with Gasteiger partial charge in [-0.2, -0.15) is 0 Å². The summed E-state index contributed by atoms with van der Waals surface area (Å²) in [5.41, 5.74) is 2.18. The second kappa shape index (κ2) is 3.45. The first kappa shape index (κ1) is 9.09. The molecule has 3 nitrogen and oxygen atoms in total. The molecule has 0 saturated carbocycles. The summed E-state index contributed by atoms with van der Waals surface area (Å²) in [5, 5.41) is 0. The Kier molecular flexibility index (Phi) is 1.96. The third-order valence-corrected chi connectivity index (χ3v) is 2.58. The average Bonchev–Trinajstić information content (AvgIpc) is 2.79. The number of hydrogen-bond acceptors (Lipinski definition) is 2. The second-order valence-corrected chi connectivity index (χ2v) is 3.61. The Morgan fingerprint density at radius 2 is 2.00 bits per heavy atom. The molecule has 2 aliphatic heterocycles. The highest BCUT2D eigenvalue weighted by Gasteiger charge is 2.25. The molecule has 3 rings (SSSR count). The van der Waals surface area contributed by atoms with E-state index in [2.05, 4.69) is 4.99 Å². The van der Waals surface area contributed by atoms with Crippen molar-refractivity contribution in [3.05, 3.63) is 59.4 Å². The summed E-state index contributed by atoms with van der Waals surface area (Å²) in [5.74, 6) is 0.424. The zero-order valence-electron chi connectivity index (χ0n) is 8.51. The summed E-state index contributed by atoms with van der Waals surface area (Å²) in [6.07, 6.45) is 3.58. The maximum absolute atomic E-state index is 11.7. The van der Waals surface area contributed by atoms with E-state index in [0.29, 0.717) is 23.7 Å². The Labute approximate surface area is 92.8 Å². The molecule has 16 heavy (non-hydrogen) atoms. The van der Waals surface area contributed by atoms with Crippen molar-refractivity contribution >= 4 is 11.6 Å². The van der Waals surface area contributed by atoms with E-state index in [1.165, 1.54) is 0 Å². The molecule has 0 radical (unpaired) electrons. The average molecular weight is 211 g/mol. The number of allylic oxidation sites excluding steroid dienone is 1. The lowest BCUT2D eigenvalue weighted by molar-refractivity contribution is -0.114. The number of rotatable bonds is 1. The Hall–Kier alpha value is -2.16. The Balaban J connectivity index is 2.06. The smallest absolute Gasteiger partial charge is 0.281 e. The van der Waals surface area contributed by atoms with Gasteiger partial charge in [-0.1, -0.05) is 30.3 Å². The topological polar surface area (TPSA) is 38.7 Å². The quantitative estimate of drug-likeness (QED) is 0.711. The first-order chi connectivity index (χ1) is 7.84. The summed E-state index contributed by atoms with van der Waals surface area (Å²) in [6.45, 7) is 0.463. The molecule has 1 amide bonds. The summed E-state index contributed by atoms with van der Waals surface area (Å²) < 4.78 is 5.35. The molecule has 0 saturated heterocycles. The number of carbonyl (C=O) groups excluding carboxylic acids is 1. The van der Waals surface area contributed by atoms with Gasteiger partial charge in [0.25, 0.3) is 5.91 Å². The number of carbonyl (C=O) groups is 1. The van der Waals surface area contributed by atoms with Crippen LogP contribution >= 0.6 is 0 Å². The van der Waals surface area contributed by atoms with Crippen LogP contribution in [-0.4, -0.2) is 18.2 Å². The monoisotopic (exact) mass is 211 g/mol. The summed E-state index contributed by atoms with van der Waals surface area (Å²) in [7, 11) is 0. The van der Waals surface area contributed by atoms with E-state index in [9.17, 15) is 4.79 Å². The minimum atomic E-state index is -0.214.